The van der Waals surface area contributed by atoms with E-state index in [0.717, 1.165) is 14.2 Å². The Morgan fingerprint density at radius 3 is 2.71 bits per heavy atom. The lowest BCUT2D eigenvalue weighted by Gasteiger charge is -2.02. The minimum atomic E-state index is 0.114. The number of thiophene rings is 1. The number of Topliss-reactive ketones (excluding diaryl/α,β-unsaturated/α-hetero) is 1. The molecule has 2 aromatic rings. The minimum absolute atomic E-state index is 0.114. The molecule has 1 aromatic heterocycles. The third kappa shape index (κ3) is 3.58. The Labute approximate surface area is 121 Å². The van der Waals surface area contributed by atoms with Crippen LogP contribution in [0.25, 0.3) is 0 Å². The molecule has 0 saturated heterocycles. The Bertz CT molecular complexity index is 539. The monoisotopic (exact) mass is 346 g/mol. The van der Waals surface area contributed by atoms with Gasteiger partial charge in [0.1, 0.15) is 0 Å². The summed E-state index contributed by atoms with van der Waals surface area (Å²) < 4.78 is 1.67. The van der Waals surface area contributed by atoms with Crippen LogP contribution in [0.4, 0.5) is 0 Å². The summed E-state index contributed by atoms with van der Waals surface area (Å²) in [4.78, 5) is 13.6. The zero-order valence-corrected chi connectivity index (χ0v) is 12.6. The van der Waals surface area contributed by atoms with Crippen LogP contribution in [0.2, 0.25) is 4.34 Å². The van der Waals surface area contributed by atoms with Gasteiger partial charge in [-0.3, -0.25) is 4.79 Å². The van der Waals surface area contributed by atoms with Gasteiger partial charge in [0, 0.05) is 9.37 Å². The van der Waals surface area contributed by atoms with Crippen molar-refractivity contribution < 1.29 is 4.79 Å². The highest BCUT2D eigenvalue weighted by molar-refractivity contribution is 9.10. The molecule has 0 spiro atoms. The van der Waals surface area contributed by atoms with Gasteiger partial charge in [0.05, 0.1) is 15.0 Å². The van der Waals surface area contributed by atoms with Crippen molar-refractivity contribution in [3.05, 3.63) is 50.1 Å². The highest BCUT2D eigenvalue weighted by atomic mass is 79.9. The average Bonchev–Trinajstić information content (AvgIpc) is 2.74. The normalized spacial score (nSPS) is 10.5. The first-order valence-corrected chi connectivity index (χ1v) is 7.80. The van der Waals surface area contributed by atoms with E-state index in [1.807, 2.05) is 24.3 Å². The van der Waals surface area contributed by atoms with Crippen LogP contribution in [-0.4, -0.2) is 11.5 Å². The van der Waals surface area contributed by atoms with Crippen molar-refractivity contribution in [3.63, 3.8) is 0 Å². The molecule has 0 atom stereocenters. The molecule has 0 aliphatic carbocycles. The molecule has 1 nitrogen and oxygen atoms in total. The Morgan fingerprint density at radius 2 is 2.06 bits per heavy atom. The molecular weight excluding hydrogens is 340 g/mol. The first-order chi connectivity index (χ1) is 8.16. The highest BCUT2D eigenvalue weighted by Gasteiger charge is 2.10. The molecule has 0 saturated carbocycles. The van der Waals surface area contributed by atoms with Crippen LogP contribution in [0, 0.1) is 0 Å². The molecule has 0 fully saturated rings. The van der Waals surface area contributed by atoms with E-state index in [-0.39, 0.29) is 5.78 Å². The quantitative estimate of drug-likeness (QED) is 0.563. The van der Waals surface area contributed by atoms with E-state index in [1.54, 1.807) is 12.1 Å². The van der Waals surface area contributed by atoms with Gasteiger partial charge < -0.3 is 0 Å². The molecule has 2 rings (SSSR count). The summed E-state index contributed by atoms with van der Waals surface area (Å²) in [5.41, 5.74) is 0. The molecule has 0 amide bonds. The molecule has 1 heterocycles. The topological polar surface area (TPSA) is 17.1 Å². The summed E-state index contributed by atoms with van der Waals surface area (Å²) in [6.45, 7) is 0. The third-order valence-corrected chi connectivity index (χ3v) is 5.34. The first kappa shape index (κ1) is 13.1. The molecule has 0 aliphatic rings. The largest absolute Gasteiger partial charge is 0.292 e. The maximum atomic E-state index is 11.9. The Morgan fingerprint density at radius 1 is 1.29 bits per heavy atom. The number of ketones is 1. The maximum Gasteiger partial charge on any atom is 0.183 e. The van der Waals surface area contributed by atoms with Gasteiger partial charge in [0.15, 0.2) is 5.78 Å². The Hall–Kier alpha value is -0.290. The van der Waals surface area contributed by atoms with E-state index >= 15 is 0 Å². The number of carbonyl (C=O) groups excluding carboxylic acids is 1. The lowest BCUT2D eigenvalue weighted by molar-refractivity contribution is 0.102. The van der Waals surface area contributed by atoms with Gasteiger partial charge >= 0.3 is 0 Å². The maximum absolute atomic E-state index is 11.9. The van der Waals surface area contributed by atoms with Crippen LogP contribution in [0.1, 0.15) is 9.67 Å². The van der Waals surface area contributed by atoms with Crippen molar-refractivity contribution in [2.45, 2.75) is 4.90 Å². The fourth-order valence-electron chi connectivity index (χ4n) is 1.24. The minimum Gasteiger partial charge on any atom is -0.292 e. The molecular formula is C12H8BrClOS2. The number of halogens is 2. The number of rotatable bonds is 4. The zero-order chi connectivity index (χ0) is 12.3. The lowest BCUT2D eigenvalue weighted by Crippen LogP contribution is -1.99. The zero-order valence-electron chi connectivity index (χ0n) is 8.65. The second-order valence-electron chi connectivity index (χ2n) is 3.25. The van der Waals surface area contributed by atoms with Crippen molar-refractivity contribution in [1.29, 1.82) is 0 Å². The molecule has 0 aliphatic heterocycles. The smallest absolute Gasteiger partial charge is 0.183 e. The molecule has 0 N–H and O–H groups in total. The van der Waals surface area contributed by atoms with E-state index in [2.05, 4.69) is 15.9 Å². The van der Waals surface area contributed by atoms with Gasteiger partial charge in [0.25, 0.3) is 0 Å². The lowest BCUT2D eigenvalue weighted by atomic mass is 10.3. The van der Waals surface area contributed by atoms with Crippen molar-refractivity contribution in [2.75, 3.05) is 5.75 Å². The number of benzene rings is 1. The first-order valence-electron chi connectivity index (χ1n) is 4.82. The molecule has 88 valence electrons. The van der Waals surface area contributed by atoms with Crippen molar-refractivity contribution in [1.82, 2.24) is 0 Å². The van der Waals surface area contributed by atoms with E-state index in [0.29, 0.717) is 10.1 Å². The average molecular weight is 348 g/mol. The number of carbonyl (C=O) groups is 1. The summed E-state index contributed by atoms with van der Waals surface area (Å²) in [5, 5.41) is 0. The summed E-state index contributed by atoms with van der Waals surface area (Å²) in [5.74, 6) is 0.544. The van der Waals surface area contributed by atoms with Crippen LogP contribution >= 0.6 is 50.6 Å². The third-order valence-electron chi connectivity index (χ3n) is 2.04. The standard InChI is InChI=1S/C12H8BrClOS2/c13-8-3-1-2-4-10(8)16-7-9(15)11-5-6-12(14)17-11/h1-6H,7H2. The predicted octanol–water partition coefficient (Wildman–Crippen LogP) is 5.14. The number of hydrogen-bond acceptors (Lipinski definition) is 3. The van der Waals surface area contributed by atoms with Crippen LogP contribution in [-0.2, 0) is 0 Å². The van der Waals surface area contributed by atoms with Crippen LogP contribution < -0.4 is 0 Å². The van der Waals surface area contributed by atoms with Crippen LogP contribution in [0.15, 0.2) is 45.8 Å². The van der Waals surface area contributed by atoms with E-state index in [9.17, 15) is 4.79 Å². The SMILES string of the molecule is O=C(CSc1ccccc1Br)c1ccc(Cl)s1. The van der Waals surface area contributed by atoms with E-state index in [1.165, 1.54) is 23.1 Å². The Balaban J connectivity index is 1.99. The van der Waals surface area contributed by atoms with Crippen molar-refractivity contribution >= 4 is 56.4 Å². The fourth-order valence-corrected chi connectivity index (χ4v) is 3.76. The van der Waals surface area contributed by atoms with Crippen molar-refractivity contribution in [3.8, 4) is 0 Å². The molecule has 5 heteroatoms. The van der Waals surface area contributed by atoms with Crippen molar-refractivity contribution in [2.24, 2.45) is 0 Å². The summed E-state index contributed by atoms with van der Waals surface area (Å²) >= 11 is 12.1. The molecule has 17 heavy (non-hydrogen) atoms. The second-order valence-corrected chi connectivity index (χ2v) is 6.83. The fraction of sp³-hybridized carbons (Fsp3) is 0.0833. The van der Waals surface area contributed by atoms with E-state index < -0.39 is 0 Å². The van der Waals surface area contributed by atoms with Gasteiger partial charge in [-0.15, -0.1) is 23.1 Å². The van der Waals surface area contributed by atoms with Crippen LogP contribution in [0.5, 0.6) is 0 Å². The summed E-state index contributed by atoms with van der Waals surface area (Å²) in [7, 11) is 0. The molecule has 0 unspecified atom stereocenters. The second kappa shape index (κ2) is 6.05. The van der Waals surface area contributed by atoms with Gasteiger partial charge in [-0.25, -0.2) is 0 Å². The van der Waals surface area contributed by atoms with E-state index in [4.69, 9.17) is 11.6 Å². The molecule has 1 aromatic carbocycles. The van der Waals surface area contributed by atoms with Crippen LogP contribution in [0.3, 0.4) is 0 Å². The summed E-state index contributed by atoms with van der Waals surface area (Å²) in [6.07, 6.45) is 0. The molecule has 0 radical (unpaired) electrons. The predicted molar refractivity (Wildman–Crippen MR) is 78.5 cm³/mol. The highest BCUT2D eigenvalue weighted by Crippen LogP contribution is 2.29. The van der Waals surface area contributed by atoms with Gasteiger partial charge in [0.2, 0.25) is 0 Å². The van der Waals surface area contributed by atoms with Gasteiger partial charge in [-0.2, -0.15) is 0 Å². The number of thioether (sulfide) groups is 1. The van der Waals surface area contributed by atoms with Gasteiger partial charge in [-0.1, -0.05) is 23.7 Å². The summed E-state index contributed by atoms with van der Waals surface area (Å²) in [6, 6.07) is 11.4. The number of hydrogen-bond donors (Lipinski definition) is 0. The Kier molecular flexibility index (Phi) is 4.68. The molecule has 0 bridgehead atoms. The van der Waals surface area contributed by atoms with Gasteiger partial charge in [-0.05, 0) is 40.2 Å².